The van der Waals surface area contributed by atoms with Gasteiger partial charge in [-0.05, 0) is 23.6 Å². The second kappa shape index (κ2) is 3.38. The maximum absolute atomic E-state index is 11.3. The Morgan fingerprint density at radius 2 is 2.07 bits per heavy atom. The average Bonchev–Trinajstić information content (AvgIpc) is 2.16. The number of hydrogen-bond acceptors (Lipinski definition) is 2. The van der Waals surface area contributed by atoms with E-state index in [4.69, 9.17) is 0 Å². The molecule has 0 aliphatic rings. The number of H-pyrrole nitrogens is 1. The molecule has 0 bridgehead atoms. The molecule has 0 radical (unpaired) electrons. The van der Waals surface area contributed by atoms with Gasteiger partial charge in [0.1, 0.15) is 0 Å². The third-order valence-electron chi connectivity index (χ3n) is 1.96. The number of halogens is 1. The van der Waals surface area contributed by atoms with Crippen molar-refractivity contribution < 1.29 is 4.79 Å². The Morgan fingerprint density at radius 3 is 2.79 bits per heavy atom. The number of aromatic amines is 1. The maximum Gasteiger partial charge on any atom is 0.259 e. The number of rotatable bonds is 1. The monoisotopic (exact) mass is 251 g/mol. The highest BCUT2D eigenvalue weighted by atomic mass is 79.9. The molecule has 70 valence electrons. The summed E-state index contributed by atoms with van der Waals surface area (Å²) in [6.07, 6.45) is 0.556. The Morgan fingerprint density at radius 1 is 1.29 bits per heavy atom. The number of carbonyl (C=O) groups excluding carboxylic acids is 1. The van der Waals surface area contributed by atoms with E-state index in [0.717, 1.165) is 15.4 Å². The van der Waals surface area contributed by atoms with Crippen LogP contribution in [0, 0.1) is 0 Å². The Bertz CT molecular complexity index is 560. The van der Waals surface area contributed by atoms with Crippen LogP contribution >= 0.6 is 15.9 Å². The molecule has 14 heavy (non-hydrogen) atoms. The number of pyridine rings is 1. The summed E-state index contributed by atoms with van der Waals surface area (Å²) in [6.45, 7) is 0. The number of carbonyl (C=O) groups is 1. The Kier molecular flexibility index (Phi) is 2.21. The van der Waals surface area contributed by atoms with Gasteiger partial charge in [0.15, 0.2) is 6.29 Å². The van der Waals surface area contributed by atoms with E-state index in [-0.39, 0.29) is 11.1 Å². The summed E-state index contributed by atoms with van der Waals surface area (Å²) < 4.78 is 0.888. The van der Waals surface area contributed by atoms with Crippen molar-refractivity contribution in [3.05, 3.63) is 44.7 Å². The van der Waals surface area contributed by atoms with Crippen molar-refractivity contribution in [2.24, 2.45) is 0 Å². The molecule has 0 spiro atoms. The minimum atomic E-state index is -0.356. The summed E-state index contributed by atoms with van der Waals surface area (Å²) in [5.41, 5.74) is 0.514. The first-order valence-electron chi connectivity index (χ1n) is 3.98. The third kappa shape index (κ3) is 1.48. The highest BCUT2D eigenvalue weighted by Crippen LogP contribution is 2.16. The van der Waals surface area contributed by atoms with E-state index in [2.05, 4.69) is 20.9 Å². The zero-order chi connectivity index (χ0) is 10.1. The largest absolute Gasteiger partial charge is 0.321 e. The maximum atomic E-state index is 11.3. The van der Waals surface area contributed by atoms with Gasteiger partial charge in [-0.3, -0.25) is 9.59 Å². The first kappa shape index (κ1) is 9.15. The number of benzene rings is 1. The molecule has 4 heteroatoms. The van der Waals surface area contributed by atoms with Crippen LogP contribution in [-0.4, -0.2) is 11.3 Å². The summed E-state index contributed by atoms with van der Waals surface area (Å²) in [5, 5.41) is 0.843. The van der Waals surface area contributed by atoms with Crippen LogP contribution < -0.4 is 5.56 Å². The summed E-state index contributed by atoms with van der Waals surface area (Å²) in [7, 11) is 0. The lowest BCUT2D eigenvalue weighted by Crippen LogP contribution is -2.11. The Labute approximate surface area is 87.9 Å². The van der Waals surface area contributed by atoms with Gasteiger partial charge in [0.2, 0.25) is 0 Å². The molecule has 0 atom stereocenters. The molecule has 0 aliphatic heterocycles. The third-order valence-corrected chi connectivity index (χ3v) is 2.46. The first-order valence-corrected chi connectivity index (χ1v) is 4.78. The van der Waals surface area contributed by atoms with E-state index in [9.17, 15) is 9.59 Å². The predicted molar refractivity (Wildman–Crippen MR) is 57.7 cm³/mol. The van der Waals surface area contributed by atoms with Gasteiger partial charge in [-0.1, -0.05) is 22.0 Å². The normalized spacial score (nSPS) is 10.4. The van der Waals surface area contributed by atoms with Crippen molar-refractivity contribution in [3.63, 3.8) is 0 Å². The van der Waals surface area contributed by atoms with E-state index in [1.54, 1.807) is 12.1 Å². The fourth-order valence-corrected chi connectivity index (χ4v) is 1.64. The Balaban J connectivity index is 2.86. The van der Waals surface area contributed by atoms with Crippen molar-refractivity contribution in [3.8, 4) is 0 Å². The second-order valence-corrected chi connectivity index (χ2v) is 3.82. The molecule has 0 unspecified atom stereocenters. The molecular weight excluding hydrogens is 246 g/mol. The standard InChI is InChI=1S/C10H6BrNO2/c11-8-2-1-6-3-7(5-13)10(14)12-9(6)4-8/h1-5H,(H,12,14). The lowest BCUT2D eigenvalue weighted by Gasteiger charge is -1.98. The van der Waals surface area contributed by atoms with Gasteiger partial charge in [-0.25, -0.2) is 0 Å². The van der Waals surface area contributed by atoms with Crippen molar-refractivity contribution in [2.45, 2.75) is 0 Å². The van der Waals surface area contributed by atoms with Gasteiger partial charge >= 0.3 is 0 Å². The molecule has 0 fully saturated rings. The lowest BCUT2D eigenvalue weighted by molar-refractivity contribution is 0.112. The zero-order valence-corrected chi connectivity index (χ0v) is 8.67. The second-order valence-electron chi connectivity index (χ2n) is 2.90. The number of aromatic nitrogens is 1. The van der Waals surface area contributed by atoms with Crippen LogP contribution in [0.15, 0.2) is 33.5 Å². The van der Waals surface area contributed by atoms with Crippen LogP contribution in [0.3, 0.4) is 0 Å². The topological polar surface area (TPSA) is 49.9 Å². The Hall–Kier alpha value is -1.42. The van der Waals surface area contributed by atoms with Gasteiger partial charge in [0, 0.05) is 9.99 Å². The summed E-state index contributed by atoms with van der Waals surface area (Å²) in [5.74, 6) is 0. The molecule has 0 saturated carbocycles. The van der Waals surface area contributed by atoms with Gasteiger partial charge < -0.3 is 4.98 Å². The van der Waals surface area contributed by atoms with Crippen molar-refractivity contribution in [1.82, 2.24) is 4.98 Å². The lowest BCUT2D eigenvalue weighted by atomic mass is 10.2. The van der Waals surface area contributed by atoms with E-state index >= 15 is 0 Å². The zero-order valence-electron chi connectivity index (χ0n) is 7.08. The van der Waals surface area contributed by atoms with E-state index in [0.29, 0.717) is 6.29 Å². The number of nitrogens with one attached hydrogen (secondary N) is 1. The fourth-order valence-electron chi connectivity index (χ4n) is 1.28. The van der Waals surface area contributed by atoms with Crippen LogP contribution in [0.1, 0.15) is 10.4 Å². The highest BCUT2D eigenvalue weighted by molar-refractivity contribution is 9.10. The van der Waals surface area contributed by atoms with Crippen molar-refractivity contribution in [2.75, 3.05) is 0 Å². The molecule has 1 N–H and O–H groups in total. The van der Waals surface area contributed by atoms with Crippen molar-refractivity contribution >= 4 is 33.1 Å². The van der Waals surface area contributed by atoms with E-state index < -0.39 is 0 Å². The van der Waals surface area contributed by atoms with E-state index in [1.807, 2.05) is 12.1 Å². The molecule has 0 aliphatic carbocycles. The molecule has 0 saturated heterocycles. The number of aldehydes is 1. The number of fused-ring (bicyclic) bond motifs is 1. The van der Waals surface area contributed by atoms with Gasteiger partial charge in [-0.15, -0.1) is 0 Å². The van der Waals surface area contributed by atoms with Crippen LogP contribution in [0.25, 0.3) is 10.9 Å². The van der Waals surface area contributed by atoms with Crippen LogP contribution in [0.5, 0.6) is 0 Å². The quantitative estimate of drug-likeness (QED) is 0.790. The molecule has 0 amide bonds. The highest BCUT2D eigenvalue weighted by Gasteiger charge is 2.01. The average molecular weight is 252 g/mol. The molecule has 3 nitrogen and oxygen atoms in total. The molecule has 2 aromatic rings. The minimum Gasteiger partial charge on any atom is -0.321 e. The minimum absolute atomic E-state index is 0.153. The molecule has 1 heterocycles. The SMILES string of the molecule is O=Cc1cc2ccc(Br)cc2[nH]c1=O. The summed E-state index contributed by atoms with van der Waals surface area (Å²) in [6, 6.07) is 7.07. The summed E-state index contributed by atoms with van der Waals surface area (Å²) >= 11 is 3.30. The van der Waals surface area contributed by atoms with Gasteiger partial charge in [-0.2, -0.15) is 0 Å². The smallest absolute Gasteiger partial charge is 0.259 e. The summed E-state index contributed by atoms with van der Waals surface area (Å²) in [4.78, 5) is 24.4. The molecular formula is C10H6BrNO2. The van der Waals surface area contributed by atoms with Crippen LogP contribution in [-0.2, 0) is 0 Å². The van der Waals surface area contributed by atoms with Gasteiger partial charge in [0.05, 0.1) is 5.56 Å². The van der Waals surface area contributed by atoms with Crippen molar-refractivity contribution in [1.29, 1.82) is 0 Å². The van der Waals surface area contributed by atoms with E-state index in [1.165, 1.54) is 0 Å². The molecule has 1 aromatic carbocycles. The molecule has 1 aromatic heterocycles. The number of hydrogen-bond donors (Lipinski definition) is 1. The van der Waals surface area contributed by atoms with Crippen LogP contribution in [0.4, 0.5) is 0 Å². The van der Waals surface area contributed by atoms with Gasteiger partial charge in [0.25, 0.3) is 5.56 Å². The first-order chi connectivity index (χ1) is 6.70. The fraction of sp³-hybridized carbons (Fsp3) is 0. The molecule has 2 rings (SSSR count). The van der Waals surface area contributed by atoms with Crippen LogP contribution in [0.2, 0.25) is 0 Å². The predicted octanol–water partition coefficient (Wildman–Crippen LogP) is 2.10.